The molecule has 0 aromatic carbocycles. The van der Waals surface area contributed by atoms with Crippen molar-refractivity contribution in [1.29, 1.82) is 0 Å². The molecule has 0 spiro atoms. The third-order valence-corrected chi connectivity index (χ3v) is 2.34. The van der Waals surface area contributed by atoms with Gasteiger partial charge in [-0.25, -0.2) is 0 Å². The molecule has 16 heavy (non-hydrogen) atoms. The summed E-state index contributed by atoms with van der Waals surface area (Å²) in [4.78, 5) is 22.4. The molecule has 0 radical (unpaired) electrons. The maximum atomic E-state index is 12.3. The Morgan fingerprint density at radius 2 is 1.75 bits per heavy atom. The van der Waals surface area contributed by atoms with Crippen molar-refractivity contribution in [3.63, 3.8) is 0 Å². The fourth-order valence-corrected chi connectivity index (χ4v) is 1.44. The van der Waals surface area contributed by atoms with Crippen molar-refractivity contribution < 1.29 is 27.9 Å². The maximum absolute atomic E-state index is 12.3. The number of carbonyl (C=O) groups excluding carboxylic acids is 1. The van der Waals surface area contributed by atoms with Crippen LogP contribution >= 0.6 is 0 Å². The van der Waals surface area contributed by atoms with Gasteiger partial charge >= 0.3 is 12.1 Å². The quantitative estimate of drug-likeness (QED) is 0.591. The van der Waals surface area contributed by atoms with Gasteiger partial charge < -0.3 is 5.11 Å². The lowest BCUT2D eigenvalue weighted by atomic mass is 9.75. The van der Waals surface area contributed by atoms with E-state index < -0.39 is 36.2 Å². The van der Waals surface area contributed by atoms with E-state index >= 15 is 0 Å². The van der Waals surface area contributed by atoms with Crippen molar-refractivity contribution in [3.05, 3.63) is 12.2 Å². The molecule has 3 nitrogen and oxygen atoms in total. The smallest absolute Gasteiger partial charge is 0.390 e. The van der Waals surface area contributed by atoms with E-state index in [1.165, 1.54) is 13.8 Å². The van der Waals surface area contributed by atoms with Gasteiger partial charge in [0, 0.05) is 0 Å². The van der Waals surface area contributed by atoms with Gasteiger partial charge in [-0.05, 0) is 18.9 Å². The zero-order valence-corrected chi connectivity index (χ0v) is 9.02. The fourth-order valence-electron chi connectivity index (χ4n) is 1.44. The van der Waals surface area contributed by atoms with Gasteiger partial charge in [0.05, 0.1) is 6.42 Å². The first-order chi connectivity index (χ1) is 7.07. The Bertz CT molecular complexity index is 320. The number of carbonyl (C=O) groups is 2. The lowest BCUT2D eigenvalue weighted by molar-refractivity contribution is -0.181. The lowest BCUT2D eigenvalue weighted by Crippen LogP contribution is -2.43. The van der Waals surface area contributed by atoms with Crippen LogP contribution in [0.1, 0.15) is 26.7 Å². The number of carboxylic acids is 1. The molecule has 0 bridgehead atoms. The molecule has 0 amide bonds. The topological polar surface area (TPSA) is 54.4 Å². The minimum atomic E-state index is -4.71. The van der Waals surface area contributed by atoms with E-state index in [9.17, 15) is 22.8 Å². The molecular formula is C10H13F3O3. The SMILES string of the molecule is C=C(C)C(=O)C(CC)(CC(F)(F)F)C(=O)O. The molecule has 0 aliphatic carbocycles. The first kappa shape index (κ1) is 14.7. The lowest BCUT2D eigenvalue weighted by Gasteiger charge is -2.27. The first-order valence-electron chi connectivity index (χ1n) is 4.57. The van der Waals surface area contributed by atoms with E-state index in [1.54, 1.807) is 0 Å². The fraction of sp³-hybridized carbons (Fsp3) is 0.600. The van der Waals surface area contributed by atoms with Gasteiger partial charge in [-0.2, -0.15) is 13.2 Å². The third kappa shape index (κ3) is 3.08. The number of ketones is 1. The van der Waals surface area contributed by atoms with Crippen LogP contribution in [-0.2, 0) is 9.59 Å². The summed E-state index contributed by atoms with van der Waals surface area (Å²) in [6.07, 6.45) is -6.80. The molecular weight excluding hydrogens is 225 g/mol. The predicted octanol–water partition coefficient (Wildman–Crippen LogP) is 2.57. The number of alkyl halides is 3. The van der Waals surface area contributed by atoms with Gasteiger partial charge in [0.15, 0.2) is 5.78 Å². The van der Waals surface area contributed by atoms with E-state index in [4.69, 9.17) is 5.11 Å². The molecule has 0 saturated heterocycles. The Morgan fingerprint density at radius 1 is 1.31 bits per heavy atom. The van der Waals surface area contributed by atoms with Crippen LogP contribution in [0, 0.1) is 5.41 Å². The minimum absolute atomic E-state index is 0.187. The zero-order valence-electron chi connectivity index (χ0n) is 9.02. The molecule has 92 valence electrons. The summed E-state index contributed by atoms with van der Waals surface area (Å²) < 4.78 is 36.8. The number of Topliss-reactive ketones (excluding diaryl/α,β-unsaturated/α-hetero) is 1. The van der Waals surface area contributed by atoms with E-state index in [2.05, 4.69) is 6.58 Å². The number of allylic oxidation sites excluding steroid dienone is 1. The molecule has 0 aliphatic heterocycles. The van der Waals surface area contributed by atoms with E-state index in [0.717, 1.165) is 0 Å². The van der Waals surface area contributed by atoms with Crippen molar-refractivity contribution in [2.75, 3.05) is 0 Å². The highest BCUT2D eigenvalue weighted by Crippen LogP contribution is 2.38. The average molecular weight is 238 g/mol. The van der Waals surface area contributed by atoms with Crippen molar-refractivity contribution in [1.82, 2.24) is 0 Å². The summed E-state index contributed by atoms with van der Waals surface area (Å²) in [6, 6.07) is 0. The Morgan fingerprint density at radius 3 is 1.94 bits per heavy atom. The Kier molecular flexibility index (Phi) is 4.28. The van der Waals surface area contributed by atoms with Crippen molar-refractivity contribution in [2.24, 2.45) is 5.41 Å². The maximum Gasteiger partial charge on any atom is 0.390 e. The van der Waals surface area contributed by atoms with E-state index in [-0.39, 0.29) is 5.57 Å². The summed E-state index contributed by atoms with van der Waals surface area (Å²) in [6.45, 7) is 5.64. The van der Waals surface area contributed by atoms with Gasteiger partial charge in [-0.15, -0.1) is 0 Å². The predicted molar refractivity (Wildman–Crippen MR) is 50.9 cm³/mol. The number of hydrogen-bond donors (Lipinski definition) is 1. The van der Waals surface area contributed by atoms with Gasteiger partial charge in [-0.1, -0.05) is 13.5 Å². The molecule has 6 heteroatoms. The second kappa shape index (κ2) is 4.67. The van der Waals surface area contributed by atoms with Crippen LogP contribution in [0.15, 0.2) is 12.2 Å². The van der Waals surface area contributed by atoms with E-state index in [1.807, 2.05) is 0 Å². The highest BCUT2D eigenvalue weighted by molar-refractivity contribution is 6.11. The summed E-state index contributed by atoms with van der Waals surface area (Å²) in [5, 5.41) is 8.84. The number of rotatable bonds is 5. The van der Waals surface area contributed by atoms with Crippen LogP contribution in [0.5, 0.6) is 0 Å². The number of hydrogen-bond acceptors (Lipinski definition) is 2. The van der Waals surface area contributed by atoms with Crippen LogP contribution in [0.3, 0.4) is 0 Å². The minimum Gasteiger partial charge on any atom is -0.480 e. The number of halogens is 3. The molecule has 0 saturated carbocycles. The van der Waals surface area contributed by atoms with Crippen LogP contribution in [0.2, 0.25) is 0 Å². The molecule has 1 N–H and O–H groups in total. The summed E-state index contributed by atoms with van der Waals surface area (Å²) in [5.41, 5.74) is -2.63. The molecule has 0 heterocycles. The van der Waals surface area contributed by atoms with E-state index in [0.29, 0.717) is 0 Å². The Labute approximate surface area is 90.9 Å². The molecule has 0 aromatic rings. The molecule has 0 aromatic heterocycles. The normalized spacial score (nSPS) is 15.3. The summed E-state index contributed by atoms with van der Waals surface area (Å²) in [5.74, 6) is -2.83. The Balaban J connectivity index is 5.42. The zero-order chi connectivity index (χ0) is 13.1. The van der Waals surface area contributed by atoms with Gasteiger partial charge in [-0.3, -0.25) is 9.59 Å². The summed E-state index contributed by atoms with van der Waals surface area (Å²) in [7, 11) is 0. The summed E-state index contributed by atoms with van der Waals surface area (Å²) >= 11 is 0. The van der Waals surface area contributed by atoms with Crippen molar-refractivity contribution in [2.45, 2.75) is 32.9 Å². The van der Waals surface area contributed by atoms with Crippen molar-refractivity contribution in [3.8, 4) is 0 Å². The second-order valence-electron chi connectivity index (χ2n) is 3.64. The van der Waals surface area contributed by atoms with Gasteiger partial charge in [0.2, 0.25) is 0 Å². The van der Waals surface area contributed by atoms with Gasteiger partial charge in [0.1, 0.15) is 5.41 Å². The van der Waals surface area contributed by atoms with Crippen molar-refractivity contribution >= 4 is 11.8 Å². The highest BCUT2D eigenvalue weighted by atomic mass is 19.4. The molecule has 0 fully saturated rings. The van der Waals surface area contributed by atoms with Gasteiger partial charge in [0.25, 0.3) is 0 Å². The highest BCUT2D eigenvalue weighted by Gasteiger charge is 2.51. The van der Waals surface area contributed by atoms with Crippen LogP contribution < -0.4 is 0 Å². The molecule has 1 unspecified atom stereocenters. The Hall–Kier alpha value is -1.33. The van der Waals surface area contributed by atoms with Crippen LogP contribution in [0.4, 0.5) is 13.2 Å². The largest absolute Gasteiger partial charge is 0.480 e. The molecule has 0 aliphatic rings. The number of carboxylic acid groups (broad SMARTS) is 1. The number of aliphatic carboxylic acids is 1. The second-order valence-corrected chi connectivity index (χ2v) is 3.64. The average Bonchev–Trinajstić information content (AvgIpc) is 2.10. The monoisotopic (exact) mass is 238 g/mol. The standard InChI is InChI=1S/C10H13F3O3/c1-4-9(8(15)16,5-10(11,12)13)7(14)6(2)3/h2,4-5H2,1,3H3,(H,15,16). The first-order valence-corrected chi connectivity index (χ1v) is 4.57. The van der Waals surface area contributed by atoms with Crippen LogP contribution in [-0.4, -0.2) is 23.0 Å². The third-order valence-electron chi connectivity index (χ3n) is 2.34. The molecule has 1 atom stereocenters. The van der Waals surface area contributed by atoms with Crippen LogP contribution in [0.25, 0.3) is 0 Å². The molecule has 0 rings (SSSR count).